The minimum absolute atomic E-state index is 0.139. The van der Waals surface area contributed by atoms with Crippen molar-refractivity contribution in [1.82, 2.24) is 10.6 Å². The third-order valence-corrected chi connectivity index (χ3v) is 3.86. The molecule has 0 aromatic heterocycles. The topological polar surface area (TPSA) is 76.7 Å². The summed E-state index contributed by atoms with van der Waals surface area (Å²) in [6.07, 6.45) is 0.895. The highest BCUT2D eigenvalue weighted by Crippen LogP contribution is 2.28. The van der Waals surface area contributed by atoms with Gasteiger partial charge in [-0.15, -0.1) is 0 Å². The van der Waals surface area contributed by atoms with Crippen molar-refractivity contribution < 1.29 is 19.1 Å². The summed E-state index contributed by atoms with van der Waals surface area (Å²) in [5.74, 6) is 0.862. The van der Waals surface area contributed by atoms with Gasteiger partial charge in [0.1, 0.15) is 0 Å². The van der Waals surface area contributed by atoms with Gasteiger partial charge in [0.05, 0.1) is 13.2 Å². The second-order valence-electron chi connectivity index (χ2n) is 5.90. The second kappa shape index (κ2) is 10.2. The van der Waals surface area contributed by atoms with Gasteiger partial charge < -0.3 is 20.1 Å². The molecule has 2 N–H and O–H groups in total. The summed E-state index contributed by atoms with van der Waals surface area (Å²) in [6.45, 7) is 5.37. The molecule has 2 amide bonds. The maximum Gasteiger partial charge on any atom is 0.251 e. The molecule has 6 nitrogen and oxygen atoms in total. The molecule has 0 saturated heterocycles. The van der Waals surface area contributed by atoms with Gasteiger partial charge in [0, 0.05) is 24.7 Å². The average Bonchev–Trinajstić information content (AvgIpc) is 2.71. The fraction of sp³-hybridized carbons (Fsp3) is 0.333. The van der Waals surface area contributed by atoms with Gasteiger partial charge in [-0.3, -0.25) is 9.59 Å². The molecule has 144 valence electrons. The van der Waals surface area contributed by atoms with Crippen LogP contribution in [0.1, 0.15) is 46.5 Å². The van der Waals surface area contributed by atoms with Gasteiger partial charge in [-0.25, -0.2) is 0 Å². The molecule has 6 heteroatoms. The summed E-state index contributed by atoms with van der Waals surface area (Å²) >= 11 is 0. The molecule has 0 atom stereocenters. The van der Waals surface area contributed by atoms with Crippen molar-refractivity contribution in [2.24, 2.45) is 0 Å². The summed E-state index contributed by atoms with van der Waals surface area (Å²) < 4.78 is 11.2. The molecule has 0 saturated carbocycles. The predicted octanol–water partition coefficient (Wildman–Crippen LogP) is 3.16. The van der Waals surface area contributed by atoms with Crippen LogP contribution in [0.2, 0.25) is 0 Å². The molecule has 0 unspecified atom stereocenters. The Balaban J connectivity index is 2.02. The van der Waals surface area contributed by atoms with Crippen molar-refractivity contribution in [1.29, 1.82) is 0 Å². The van der Waals surface area contributed by atoms with Crippen LogP contribution in [-0.2, 0) is 6.54 Å². The van der Waals surface area contributed by atoms with Crippen LogP contribution in [0.3, 0.4) is 0 Å². The molecular weight excluding hydrogens is 344 g/mol. The third-order valence-electron chi connectivity index (χ3n) is 3.86. The van der Waals surface area contributed by atoms with Gasteiger partial charge in [-0.05, 0) is 49.2 Å². The molecule has 0 fully saturated rings. The summed E-state index contributed by atoms with van der Waals surface area (Å²) in [5, 5.41) is 5.45. The molecule has 2 aromatic carbocycles. The van der Waals surface area contributed by atoms with E-state index in [-0.39, 0.29) is 11.8 Å². The predicted molar refractivity (Wildman–Crippen MR) is 104 cm³/mol. The molecule has 0 heterocycles. The fourth-order valence-corrected chi connectivity index (χ4v) is 2.45. The zero-order valence-corrected chi connectivity index (χ0v) is 16.0. The Kier molecular flexibility index (Phi) is 7.67. The van der Waals surface area contributed by atoms with Crippen molar-refractivity contribution in [3.05, 3.63) is 59.2 Å². The zero-order chi connectivity index (χ0) is 19.6. The Morgan fingerprint density at radius 2 is 1.59 bits per heavy atom. The van der Waals surface area contributed by atoms with Gasteiger partial charge in [0.25, 0.3) is 11.8 Å². The van der Waals surface area contributed by atoms with Gasteiger partial charge in [-0.1, -0.05) is 19.1 Å². The molecule has 27 heavy (non-hydrogen) atoms. The zero-order valence-electron chi connectivity index (χ0n) is 16.0. The van der Waals surface area contributed by atoms with E-state index in [1.807, 2.05) is 26.0 Å². The van der Waals surface area contributed by atoms with Crippen LogP contribution < -0.4 is 20.1 Å². The van der Waals surface area contributed by atoms with Crippen molar-refractivity contribution in [2.45, 2.75) is 26.8 Å². The lowest BCUT2D eigenvalue weighted by atomic mass is 10.1. The highest BCUT2D eigenvalue weighted by molar-refractivity contribution is 5.95. The molecule has 0 aliphatic carbocycles. The molecule has 2 rings (SSSR count). The Hall–Kier alpha value is -3.02. The highest BCUT2D eigenvalue weighted by atomic mass is 16.5. The minimum atomic E-state index is -0.201. The molecular formula is C21H26N2O4. The Morgan fingerprint density at radius 1 is 0.889 bits per heavy atom. The number of hydrogen-bond acceptors (Lipinski definition) is 4. The molecule has 0 aliphatic heterocycles. The number of benzene rings is 2. The average molecular weight is 370 g/mol. The monoisotopic (exact) mass is 370 g/mol. The number of nitrogens with one attached hydrogen (secondary N) is 2. The van der Waals surface area contributed by atoms with Gasteiger partial charge in [0.2, 0.25) is 0 Å². The normalized spacial score (nSPS) is 10.2. The van der Waals surface area contributed by atoms with Gasteiger partial charge in [-0.2, -0.15) is 0 Å². The largest absolute Gasteiger partial charge is 0.490 e. The first-order valence-electron chi connectivity index (χ1n) is 9.07. The Labute approximate surface area is 159 Å². The lowest BCUT2D eigenvalue weighted by molar-refractivity contribution is 0.0945. The van der Waals surface area contributed by atoms with E-state index in [2.05, 4.69) is 10.6 Å². The first-order chi connectivity index (χ1) is 13.1. The van der Waals surface area contributed by atoms with E-state index in [1.165, 1.54) is 0 Å². The van der Waals surface area contributed by atoms with Crippen molar-refractivity contribution >= 4 is 11.8 Å². The smallest absolute Gasteiger partial charge is 0.251 e. The van der Waals surface area contributed by atoms with Crippen LogP contribution in [0.15, 0.2) is 42.5 Å². The maximum absolute atomic E-state index is 12.4. The Morgan fingerprint density at radius 3 is 2.22 bits per heavy atom. The standard InChI is InChI=1S/C21H26N2O4/c1-4-12-27-18-11-10-17(13-19(18)26-5-2)21(25)23-14-15-6-8-16(9-7-15)20(24)22-3/h6-11,13H,4-5,12,14H2,1-3H3,(H,22,24)(H,23,25). The highest BCUT2D eigenvalue weighted by Gasteiger charge is 2.12. The van der Waals surface area contributed by atoms with Crippen LogP contribution in [0, 0.1) is 0 Å². The molecule has 0 aliphatic rings. The van der Waals surface area contributed by atoms with Crippen LogP contribution >= 0.6 is 0 Å². The number of ether oxygens (including phenoxy) is 2. The molecule has 0 radical (unpaired) electrons. The first-order valence-corrected chi connectivity index (χ1v) is 9.07. The van der Waals surface area contributed by atoms with Crippen LogP contribution in [0.25, 0.3) is 0 Å². The number of carbonyl (C=O) groups is 2. The van der Waals surface area contributed by atoms with Crippen LogP contribution in [-0.4, -0.2) is 32.1 Å². The molecule has 2 aromatic rings. The maximum atomic E-state index is 12.4. The van der Waals surface area contributed by atoms with E-state index >= 15 is 0 Å². The Bertz CT molecular complexity index is 772. The number of hydrogen-bond donors (Lipinski definition) is 2. The summed E-state index contributed by atoms with van der Waals surface area (Å²) in [6, 6.07) is 12.3. The SMILES string of the molecule is CCCOc1ccc(C(=O)NCc2ccc(C(=O)NC)cc2)cc1OCC. The number of amides is 2. The third kappa shape index (κ3) is 5.74. The van der Waals surface area contributed by atoms with Crippen molar-refractivity contribution in [3.8, 4) is 11.5 Å². The fourth-order valence-electron chi connectivity index (χ4n) is 2.45. The van der Waals surface area contributed by atoms with Crippen molar-refractivity contribution in [3.63, 3.8) is 0 Å². The minimum Gasteiger partial charge on any atom is -0.490 e. The molecule has 0 spiro atoms. The first kappa shape index (κ1) is 20.3. The van der Waals surface area contributed by atoms with Crippen LogP contribution in [0.5, 0.6) is 11.5 Å². The van der Waals surface area contributed by atoms with E-state index < -0.39 is 0 Å². The van der Waals surface area contributed by atoms with E-state index in [1.54, 1.807) is 37.4 Å². The quantitative estimate of drug-likeness (QED) is 0.711. The van der Waals surface area contributed by atoms with E-state index in [0.29, 0.717) is 42.4 Å². The van der Waals surface area contributed by atoms with E-state index in [9.17, 15) is 9.59 Å². The number of carbonyl (C=O) groups excluding carboxylic acids is 2. The summed E-state index contributed by atoms with van der Waals surface area (Å²) in [5.41, 5.74) is 1.99. The lowest BCUT2D eigenvalue weighted by Crippen LogP contribution is -2.23. The van der Waals surface area contributed by atoms with Gasteiger partial charge in [0.15, 0.2) is 11.5 Å². The van der Waals surface area contributed by atoms with Gasteiger partial charge >= 0.3 is 0 Å². The van der Waals surface area contributed by atoms with E-state index in [4.69, 9.17) is 9.47 Å². The van der Waals surface area contributed by atoms with Crippen LogP contribution in [0.4, 0.5) is 0 Å². The summed E-state index contributed by atoms with van der Waals surface area (Å²) in [4.78, 5) is 24.0. The van der Waals surface area contributed by atoms with Crippen molar-refractivity contribution in [2.75, 3.05) is 20.3 Å². The number of rotatable bonds is 9. The van der Waals surface area contributed by atoms with E-state index in [0.717, 1.165) is 12.0 Å². The lowest BCUT2D eigenvalue weighted by Gasteiger charge is -2.13. The second-order valence-corrected chi connectivity index (χ2v) is 5.90. The summed E-state index contributed by atoms with van der Waals surface area (Å²) in [7, 11) is 1.59. The molecule has 0 bridgehead atoms.